The number of nitrogens with zero attached hydrogens (tertiary/aromatic N) is 5. The maximum absolute atomic E-state index is 12.8. The first-order valence-electron chi connectivity index (χ1n) is 7.97. The quantitative estimate of drug-likeness (QED) is 0.792. The molecule has 1 aliphatic heterocycles. The van der Waals surface area contributed by atoms with Crippen molar-refractivity contribution in [3.05, 3.63) is 40.0 Å². The van der Waals surface area contributed by atoms with Crippen LogP contribution in [0.3, 0.4) is 0 Å². The first-order valence-corrected chi connectivity index (χ1v) is 8.85. The summed E-state index contributed by atoms with van der Waals surface area (Å²) < 4.78 is 2.11. The number of carbonyl (C=O) groups excluding carboxylic acids is 1. The third kappa shape index (κ3) is 2.52. The maximum Gasteiger partial charge on any atom is 0.270 e. The molecule has 124 valence electrons. The number of rotatable bonds is 3. The Kier molecular flexibility index (Phi) is 3.68. The smallest absolute Gasteiger partial charge is 0.270 e. The van der Waals surface area contributed by atoms with Crippen LogP contribution in [0.1, 0.15) is 34.1 Å². The van der Waals surface area contributed by atoms with E-state index in [1.54, 1.807) is 11.3 Å². The predicted octanol–water partition coefficient (Wildman–Crippen LogP) is 2.26. The van der Waals surface area contributed by atoms with Crippen LogP contribution in [0.25, 0.3) is 11.3 Å². The first-order chi connectivity index (χ1) is 11.7. The number of thiazole rings is 1. The summed E-state index contributed by atoms with van der Waals surface area (Å²) in [6, 6.07) is 1.87. The van der Waals surface area contributed by atoms with Crippen LogP contribution in [0.2, 0.25) is 0 Å². The third-order valence-electron chi connectivity index (χ3n) is 4.26. The minimum Gasteiger partial charge on any atom is -0.357 e. The number of fused-ring (bicyclic) bond motifs is 1. The van der Waals surface area contributed by atoms with E-state index in [1.165, 1.54) is 0 Å². The van der Waals surface area contributed by atoms with Crippen LogP contribution in [0.5, 0.6) is 0 Å². The lowest BCUT2D eigenvalue weighted by Crippen LogP contribution is -2.38. The highest BCUT2D eigenvalue weighted by molar-refractivity contribution is 7.09. The molecule has 1 amide bonds. The van der Waals surface area contributed by atoms with Gasteiger partial charge in [0.15, 0.2) is 5.82 Å². The van der Waals surface area contributed by atoms with Gasteiger partial charge < -0.3 is 14.5 Å². The molecule has 4 heterocycles. The molecule has 0 atom stereocenters. The zero-order valence-corrected chi connectivity index (χ0v) is 14.4. The maximum atomic E-state index is 12.8. The van der Waals surface area contributed by atoms with Gasteiger partial charge in [-0.1, -0.05) is 6.92 Å². The Labute approximate surface area is 143 Å². The van der Waals surface area contributed by atoms with Crippen LogP contribution in [0.4, 0.5) is 0 Å². The SMILES string of the molecule is CCc1nnc2n1CCN(C(=O)c1cc(-c3csc(C)n3)c[nH]1)C2. The molecule has 7 nitrogen and oxygen atoms in total. The molecular weight excluding hydrogens is 324 g/mol. The number of hydrogen-bond donors (Lipinski definition) is 1. The van der Waals surface area contributed by atoms with E-state index in [-0.39, 0.29) is 5.91 Å². The highest BCUT2D eigenvalue weighted by atomic mass is 32.1. The number of aromatic nitrogens is 5. The fourth-order valence-electron chi connectivity index (χ4n) is 2.98. The van der Waals surface area contributed by atoms with Crippen LogP contribution >= 0.6 is 11.3 Å². The predicted molar refractivity (Wildman–Crippen MR) is 90.8 cm³/mol. The lowest BCUT2D eigenvalue weighted by molar-refractivity contribution is 0.0701. The van der Waals surface area contributed by atoms with Gasteiger partial charge in [-0.3, -0.25) is 4.79 Å². The molecule has 3 aromatic heterocycles. The van der Waals surface area contributed by atoms with Crippen molar-refractivity contribution in [2.45, 2.75) is 33.4 Å². The molecule has 1 N–H and O–H groups in total. The monoisotopic (exact) mass is 342 g/mol. The molecule has 0 spiro atoms. The van der Waals surface area contributed by atoms with Gasteiger partial charge in [0.2, 0.25) is 0 Å². The highest BCUT2D eigenvalue weighted by Crippen LogP contribution is 2.23. The van der Waals surface area contributed by atoms with Crippen molar-refractivity contribution in [1.29, 1.82) is 0 Å². The number of hydrogen-bond acceptors (Lipinski definition) is 5. The van der Waals surface area contributed by atoms with Gasteiger partial charge in [0.05, 0.1) is 17.2 Å². The van der Waals surface area contributed by atoms with Crippen molar-refractivity contribution < 1.29 is 4.79 Å². The van der Waals surface area contributed by atoms with E-state index in [2.05, 4.69) is 31.7 Å². The Morgan fingerprint density at radius 3 is 3.00 bits per heavy atom. The average molecular weight is 342 g/mol. The van der Waals surface area contributed by atoms with Gasteiger partial charge in [-0.2, -0.15) is 0 Å². The van der Waals surface area contributed by atoms with Crippen molar-refractivity contribution in [1.82, 2.24) is 29.6 Å². The summed E-state index contributed by atoms with van der Waals surface area (Å²) in [5.41, 5.74) is 2.43. The van der Waals surface area contributed by atoms with E-state index in [9.17, 15) is 4.79 Å². The number of nitrogens with one attached hydrogen (secondary N) is 1. The molecule has 0 aliphatic carbocycles. The van der Waals surface area contributed by atoms with Crippen molar-refractivity contribution >= 4 is 17.2 Å². The van der Waals surface area contributed by atoms with E-state index in [4.69, 9.17) is 0 Å². The van der Waals surface area contributed by atoms with Crippen LogP contribution in [0.15, 0.2) is 17.6 Å². The molecule has 0 bridgehead atoms. The summed E-state index contributed by atoms with van der Waals surface area (Å²) in [7, 11) is 0. The average Bonchev–Trinajstić information content (AvgIpc) is 3.32. The fourth-order valence-corrected chi connectivity index (χ4v) is 3.61. The molecule has 1 aliphatic rings. The molecule has 8 heteroatoms. The Balaban J connectivity index is 1.53. The van der Waals surface area contributed by atoms with E-state index in [0.29, 0.717) is 18.8 Å². The molecule has 0 fully saturated rings. The second-order valence-corrected chi connectivity index (χ2v) is 6.88. The Morgan fingerprint density at radius 1 is 1.38 bits per heavy atom. The standard InChI is InChI=1S/C16H18N6OS/c1-3-14-19-20-15-8-21(4-5-22(14)15)16(23)12-6-11(7-17-12)13-9-24-10(2)18-13/h6-7,9,17H,3-5,8H2,1-2H3. The van der Waals surface area contributed by atoms with Gasteiger partial charge in [0.25, 0.3) is 5.91 Å². The van der Waals surface area contributed by atoms with E-state index in [0.717, 1.165) is 40.9 Å². The van der Waals surface area contributed by atoms with Crippen molar-refractivity contribution in [2.75, 3.05) is 6.54 Å². The lowest BCUT2D eigenvalue weighted by Gasteiger charge is -2.27. The number of H-pyrrole nitrogens is 1. The molecule has 0 saturated carbocycles. The van der Waals surface area contributed by atoms with Gasteiger partial charge in [-0.15, -0.1) is 21.5 Å². The summed E-state index contributed by atoms with van der Waals surface area (Å²) in [5.74, 6) is 1.83. The number of amides is 1. The molecule has 0 unspecified atom stereocenters. The molecule has 0 radical (unpaired) electrons. The van der Waals surface area contributed by atoms with Crippen molar-refractivity contribution in [3.8, 4) is 11.3 Å². The zero-order valence-electron chi connectivity index (χ0n) is 13.6. The molecule has 24 heavy (non-hydrogen) atoms. The zero-order chi connectivity index (χ0) is 16.7. The summed E-state index contributed by atoms with van der Waals surface area (Å²) in [5, 5.41) is 11.4. The lowest BCUT2D eigenvalue weighted by atomic mass is 10.2. The van der Waals surface area contributed by atoms with Gasteiger partial charge in [0.1, 0.15) is 11.5 Å². The van der Waals surface area contributed by atoms with Gasteiger partial charge in [-0.05, 0) is 13.0 Å². The topological polar surface area (TPSA) is 79.7 Å². The molecule has 0 aromatic carbocycles. The molecule has 0 saturated heterocycles. The number of aromatic amines is 1. The Hall–Kier alpha value is -2.48. The van der Waals surface area contributed by atoms with E-state index in [1.807, 2.05) is 29.5 Å². The highest BCUT2D eigenvalue weighted by Gasteiger charge is 2.25. The van der Waals surface area contributed by atoms with E-state index < -0.39 is 0 Å². The van der Waals surface area contributed by atoms with Crippen LogP contribution in [-0.4, -0.2) is 42.1 Å². The normalized spacial score (nSPS) is 14.0. The van der Waals surface area contributed by atoms with E-state index >= 15 is 0 Å². The first kappa shape index (κ1) is 15.1. The number of aryl methyl sites for hydroxylation is 2. The minimum atomic E-state index is -0.0134. The third-order valence-corrected chi connectivity index (χ3v) is 5.03. The molecule has 4 rings (SSSR count). The van der Waals surface area contributed by atoms with Gasteiger partial charge >= 0.3 is 0 Å². The van der Waals surface area contributed by atoms with Crippen LogP contribution < -0.4 is 0 Å². The van der Waals surface area contributed by atoms with Crippen LogP contribution in [-0.2, 0) is 19.5 Å². The van der Waals surface area contributed by atoms with Crippen molar-refractivity contribution in [2.24, 2.45) is 0 Å². The number of carbonyl (C=O) groups is 1. The summed E-state index contributed by atoms with van der Waals surface area (Å²) >= 11 is 1.60. The van der Waals surface area contributed by atoms with Crippen molar-refractivity contribution in [3.63, 3.8) is 0 Å². The van der Waals surface area contributed by atoms with Crippen LogP contribution in [0, 0.1) is 6.92 Å². The van der Waals surface area contributed by atoms with Gasteiger partial charge in [-0.25, -0.2) is 4.98 Å². The fraction of sp³-hybridized carbons (Fsp3) is 0.375. The summed E-state index contributed by atoms with van der Waals surface area (Å²) in [6.07, 6.45) is 2.69. The summed E-state index contributed by atoms with van der Waals surface area (Å²) in [4.78, 5) is 22.1. The second-order valence-electron chi connectivity index (χ2n) is 5.82. The minimum absolute atomic E-state index is 0.0134. The summed E-state index contributed by atoms with van der Waals surface area (Å²) in [6.45, 7) is 5.95. The molecule has 3 aromatic rings. The largest absolute Gasteiger partial charge is 0.357 e. The van der Waals surface area contributed by atoms with Gasteiger partial charge in [0, 0.05) is 36.7 Å². The molecular formula is C16H18N6OS. The second kappa shape index (κ2) is 5.86. The Bertz CT molecular complexity index is 892. The Morgan fingerprint density at radius 2 is 2.25 bits per heavy atom.